The Kier molecular flexibility index (Phi) is 6.87. The van der Waals surface area contributed by atoms with Crippen LogP contribution < -0.4 is 5.32 Å². The molecule has 5 heteroatoms. The summed E-state index contributed by atoms with van der Waals surface area (Å²) in [6, 6.07) is 0. The Labute approximate surface area is 116 Å². The molecule has 19 heavy (non-hydrogen) atoms. The second-order valence-corrected chi connectivity index (χ2v) is 6.26. The summed E-state index contributed by atoms with van der Waals surface area (Å²) < 4.78 is 9.85. The van der Waals surface area contributed by atoms with E-state index in [1.807, 2.05) is 34.6 Å². The molecule has 112 valence electrons. The van der Waals surface area contributed by atoms with Gasteiger partial charge in [-0.05, 0) is 47.5 Å². The van der Waals surface area contributed by atoms with E-state index >= 15 is 0 Å². The molecule has 0 bridgehead atoms. The topological polar surface area (TPSA) is 64.6 Å². The maximum atomic E-state index is 11.5. The van der Waals surface area contributed by atoms with Crippen molar-refractivity contribution >= 4 is 12.1 Å². The van der Waals surface area contributed by atoms with Crippen molar-refractivity contribution in [2.75, 3.05) is 13.7 Å². The minimum absolute atomic E-state index is 0.201. The number of amides is 1. The van der Waals surface area contributed by atoms with E-state index in [1.165, 1.54) is 7.11 Å². The third-order valence-electron chi connectivity index (χ3n) is 2.63. The quantitative estimate of drug-likeness (QED) is 0.597. The molecule has 0 atom stereocenters. The van der Waals surface area contributed by atoms with Gasteiger partial charge in [0.1, 0.15) is 5.60 Å². The molecule has 0 aliphatic heterocycles. The van der Waals surface area contributed by atoms with Crippen molar-refractivity contribution in [2.45, 2.75) is 59.5 Å². The van der Waals surface area contributed by atoms with E-state index in [4.69, 9.17) is 9.47 Å². The molecule has 0 heterocycles. The first-order chi connectivity index (χ1) is 8.58. The monoisotopic (exact) mass is 273 g/mol. The van der Waals surface area contributed by atoms with Gasteiger partial charge in [0.15, 0.2) is 0 Å². The molecule has 0 aliphatic carbocycles. The lowest BCUT2D eigenvalue weighted by Crippen LogP contribution is -2.33. The molecule has 1 amide bonds. The Hall–Kier alpha value is -1.26. The number of hydrogen-bond donors (Lipinski definition) is 1. The fourth-order valence-electron chi connectivity index (χ4n) is 1.57. The molecule has 5 nitrogen and oxygen atoms in total. The van der Waals surface area contributed by atoms with Gasteiger partial charge < -0.3 is 14.8 Å². The summed E-state index contributed by atoms with van der Waals surface area (Å²) in [5.41, 5.74) is -0.947. The van der Waals surface area contributed by atoms with Gasteiger partial charge in [0, 0.05) is 6.54 Å². The molecule has 1 N–H and O–H groups in total. The summed E-state index contributed by atoms with van der Waals surface area (Å²) >= 11 is 0. The van der Waals surface area contributed by atoms with Crippen LogP contribution in [-0.4, -0.2) is 31.3 Å². The highest BCUT2D eigenvalue weighted by atomic mass is 16.6. The summed E-state index contributed by atoms with van der Waals surface area (Å²) in [6.45, 7) is 9.74. The number of carbonyl (C=O) groups excluding carboxylic acids is 2. The average molecular weight is 273 g/mol. The molecular weight excluding hydrogens is 246 g/mol. The Balaban J connectivity index is 3.77. The molecule has 0 aromatic rings. The highest BCUT2D eigenvalue weighted by molar-refractivity contribution is 5.75. The molecule has 0 radical (unpaired) electrons. The van der Waals surface area contributed by atoms with E-state index in [0.29, 0.717) is 6.54 Å². The first kappa shape index (κ1) is 17.7. The minimum atomic E-state index is -0.475. The Morgan fingerprint density at radius 1 is 1.05 bits per heavy atom. The van der Waals surface area contributed by atoms with Crippen molar-refractivity contribution in [1.82, 2.24) is 5.32 Å². The zero-order valence-electron chi connectivity index (χ0n) is 13.0. The minimum Gasteiger partial charge on any atom is -0.469 e. The van der Waals surface area contributed by atoms with Crippen molar-refractivity contribution < 1.29 is 19.1 Å². The smallest absolute Gasteiger partial charge is 0.407 e. The third-order valence-corrected chi connectivity index (χ3v) is 2.63. The number of unbranched alkanes of at least 4 members (excludes halogenated alkanes) is 1. The van der Waals surface area contributed by atoms with Crippen LogP contribution >= 0.6 is 0 Å². The molecular formula is C14H27NO4. The molecule has 0 aromatic carbocycles. The molecule has 0 aliphatic rings. The molecule has 0 saturated heterocycles. The summed E-state index contributed by atoms with van der Waals surface area (Å²) in [5.74, 6) is -0.201. The number of rotatable bonds is 6. The Morgan fingerprint density at radius 3 is 2.11 bits per heavy atom. The van der Waals surface area contributed by atoms with E-state index < -0.39 is 17.1 Å². The summed E-state index contributed by atoms with van der Waals surface area (Å²) in [4.78, 5) is 22.8. The number of alkyl carbamates (subject to hydrolysis) is 1. The average Bonchev–Trinajstić information content (AvgIpc) is 2.24. The van der Waals surface area contributed by atoms with Crippen LogP contribution in [0.2, 0.25) is 0 Å². The van der Waals surface area contributed by atoms with Crippen molar-refractivity contribution in [2.24, 2.45) is 5.41 Å². The van der Waals surface area contributed by atoms with Gasteiger partial charge in [-0.25, -0.2) is 4.79 Å². The van der Waals surface area contributed by atoms with Crippen LogP contribution in [0.25, 0.3) is 0 Å². The number of esters is 1. The first-order valence-electron chi connectivity index (χ1n) is 6.64. The fraction of sp³-hybridized carbons (Fsp3) is 0.857. The second kappa shape index (κ2) is 7.36. The molecule has 0 spiro atoms. The Morgan fingerprint density at radius 2 is 1.63 bits per heavy atom. The van der Waals surface area contributed by atoms with Crippen molar-refractivity contribution in [1.29, 1.82) is 0 Å². The summed E-state index contributed by atoms with van der Waals surface area (Å²) in [7, 11) is 1.40. The van der Waals surface area contributed by atoms with Gasteiger partial charge in [-0.2, -0.15) is 0 Å². The van der Waals surface area contributed by atoms with Gasteiger partial charge in [-0.1, -0.05) is 6.42 Å². The van der Waals surface area contributed by atoms with Crippen LogP contribution in [0.1, 0.15) is 53.9 Å². The van der Waals surface area contributed by atoms with E-state index in [1.54, 1.807) is 0 Å². The SMILES string of the molecule is COC(=O)C(C)(C)CCCCNC(=O)OC(C)(C)C. The van der Waals surface area contributed by atoms with Gasteiger partial charge in [0.05, 0.1) is 12.5 Å². The lowest BCUT2D eigenvalue weighted by atomic mass is 9.87. The zero-order valence-corrected chi connectivity index (χ0v) is 13.0. The van der Waals surface area contributed by atoms with Crippen LogP contribution in [0.3, 0.4) is 0 Å². The van der Waals surface area contributed by atoms with Crippen LogP contribution in [-0.2, 0) is 14.3 Å². The molecule has 0 fully saturated rings. The zero-order chi connectivity index (χ0) is 15.1. The molecule has 0 unspecified atom stereocenters. The van der Waals surface area contributed by atoms with Gasteiger partial charge in [0.2, 0.25) is 0 Å². The lowest BCUT2D eigenvalue weighted by Gasteiger charge is -2.21. The number of ether oxygens (including phenoxy) is 2. The van der Waals surface area contributed by atoms with Crippen molar-refractivity contribution in [3.8, 4) is 0 Å². The van der Waals surface area contributed by atoms with Gasteiger partial charge in [-0.15, -0.1) is 0 Å². The molecule has 0 aromatic heterocycles. The van der Waals surface area contributed by atoms with Gasteiger partial charge in [0.25, 0.3) is 0 Å². The van der Waals surface area contributed by atoms with Crippen LogP contribution in [0.4, 0.5) is 4.79 Å². The summed E-state index contributed by atoms with van der Waals surface area (Å²) in [5, 5.41) is 2.69. The normalized spacial score (nSPS) is 11.9. The maximum absolute atomic E-state index is 11.5. The van der Waals surface area contributed by atoms with Crippen molar-refractivity contribution in [3.05, 3.63) is 0 Å². The number of nitrogens with one attached hydrogen (secondary N) is 1. The third kappa shape index (κ3) is 8.46. The van der Waals surface area contributed by atoms with E-state index in [-0.39, 0.29) is 5.97 Å². The summed E-state index contributed by atoms with van der Waals surface area (Å²) in [6.07, 6.45) is 1.98. The number of hydrogen-bond acceptors (Lipinski definition) is 4. The molecule has 0 rings (SSSR count). The van der Waals surface area contributed by atoms with E-state index in [9.17, 15) is 9.59 Å². The van der Waals surface area contributed by atoms with E-state index in [2.05, 4.69) is 5.32 Å². The highest BCUT2D eigenvalue weighted by Crippen LogP contribution is 2.24. The number of methoxy groups -OCH3 is 1. The van der Waals surface area contributed by atoms with E-state index in [0.717, 1.165) is 19.3 Å². The highest BCUT2D eigenvalue weighted by Gasteiger charge is 2.27. The number of carbonyl (C=O) groups is 2. The Bertz CT molecular complexity index is 305. The van der Waals surface area contributed by atoms with Gasteiger partial charge in [-0.3, -0.25) is 4.79 Å². The van der Waals surface area contributed by atoms with Crippen LogP contribution in [0, 0.1) is 5.41 Å². The van der Waals surface area contributed by atoms with Crippen LogP contribution in [0.15, 0.2) is 0 Å². The van der Waals surface area contributed by atoms with Crippen molar-refractivity contribution in [3.63, 3.8) is 0 Å². The lowest BCUT2D eigenvalue weighted by molar-refractivity contribution is -0.151. The van der Waals surface area contributed by atoms with Crippen LogP contribution in [0.5, 0.6) is 0 Å². The largest absolute Gasteiger partial charge is 0.469 e. The predicted octanol–water partition coefficient (Wildman–Crippen LogP) is 2.88. The maximum Gasteiger partial charge on any atom is 0.407 e. The molecule has 0 saturated carbocycles. The second-order valence-electron chi connectivity index (χ2n) is 6.26. The predicted molar refractivity (Wildman–Crippen MR) is 73.9 cm³/mol. The first-order valence-corrected chi connectivity index (χ1v) is 6.64. The van der Waals surface area contributed by atoms with Gasteiger partial charge >= 0.3 is 12.1 Å². The fourth-order valence-corrected chi connectivity index (χ4v) is 1.57. The standard InChI is InChI=1S/C14H27NO4/c1-13(2,3)19-12(17)15-10-8-7-9-14(4,5)11(16)18-6/h7-10H2,1-6H3,(H,15,17).